The summed E-state index contributed by atoms with van der Waals surface area (Å²) in [4.78, 5) is 4.63. The van der Waals surface area contributed by atoms with Gasteiger partial charge in [0.05, 0.1) is 19.3 Å². The number of hydrogen-bond donors (Lipinski definition) is 2. The highest BCUT2D eigenvalue weighted by atomic mass is 16.5. The fourth-order valence-electron chi connectivity index (χ4n) is 2.15. The van der Waals surface area contributed by atoms with Crippen LogP contribution in [0.4, 0.5) is 5.69 Å². The molecule has 0 aromatic heterocycles. The van der Waals surface area contributed by atoms with E-state index in [2.05, 4.69) is 22.5 Å². The van der Waals surface area contributed by atoms with Gasteiger partial charge in [0, 0.05) is 32.5 Å². The Labute approximate surface area is 158 Å². The fourth-order valence-corrected chi connectivity index (χ4v) is 2.15. The van der Waals surface area contributed by atoms with E-state index in [0.29, 0.717) is 26.4 Å². The molecule has 6 heteroatoms. The largest absolute Gasteiger partial charge is 0.491 e. The number of anilines is 1. The van der Waals surface area contributed by atoms with Crippen molar-refractivity contribution in [3.8, 4) is 5.75 Å². The molecule has 148 valence electrons. The third-order valence-corrected chi connectivity index (χ3v) is 3.46. The molecular weight excluding hydrogens is 330 g/mol. The predicted octanol–water partition coefficient (Wildman–Crippen LogP) is 3.68. The van der Waals surface area contributed by atoms with E-state index in [1.54, 1.807) is 7.11 Å². The Morgan fingerprint density at radius 1 is 1.08 bits per heavy atom. The number of nitrogens with zero attached hydrogens (tertiary/aromatic N) is 1. The van der Waals surface area contributed by atoms with Crippen LogP contribution in [0.15, 0.2) is 29.3 Å². The molecular formula is C20H35N3O3. The van der Waals surface area contributed by atoms with Crippen molar-refractivity contribution in [1.29, 1.82) is 0 Å². The second-order valence-corrected chi connectivity index (χ2v) is 6.29. The summed E-state index contributed by atoms with van der Waals surface area (Å²) in [6.45, 7) is 9.79. The predicted molar refractivity (Wildman–Crippen MR) is 108 cm³/mol. The maximum atomic E-state index is 5.68. The second kappa shape index (κ2) is 14.4. The third-order valence-electron chi connectivity index (χ3n) is 3.46. The Hall–Kier alpha value is -1.79. The Kier molecular flexibility index (Phi) is 12.3. The SMILES string of the molecule is CCCCNC(=NCCCOCCOC)Nc1ccc(OC(C)C)cc1. The molecule has 0 amide bonds. The summed E-state index contributed by atoms with van der Waals surface area (Å²) in [7, 11) is 1.68. The van der Waals surface area contributed by atoms with Crippen molar-refractivity contribution in [2.75, 3.05) is 45.3 Å². The van der Waals surface area contributed by atoms with Gasteiger partial charge < -0.3 is 24.8 Å². The number of nitrogens with one attached hydrogen (secondary N) is 2. The summed E-state index contributed by atoms with van der Waals surface area (Å²) in [6.07, 6.45) is 3.32. The van der Waals surface area contributed by atoms with Gasteiger partial charge in [-0.3, -0.25) is 4.99 Å². The topological polar surface area (TPSA) is 64.1 Å². The van der Waals surface area contributed by atoms with Crippen LogP contribution in [0.2, 0.25) is 0 Å². The summed E-state index contributed by atoms with van der Waals surface area (Å²) < 4.78 is 16.1. The lowest BCUT2D eigenvalue weighted by atomic mass is 10.3. The molecule has 0 radical (unpaired) electrons. The van der Waals surface area contributed by atoms with Gasteiger partial charge in [0.1, 0.15) is 5.75 Å². The Balaban J connectivity index is 2.49. The van der Waals surface area contributed by atoms with Gasteiger partial charge in [0.25, 0.3) is 0 Å². The minimum Gasteiger partial charge on any atom is -0.491 e. The number of hydrogen-bond acceptors (Lipinski definition) is 4. The molecule has 0 saturated carbocycles. The number of unbranched alkanes of at least 4 members (excludes halogenated alkanes) is 1. The Morgan fingerprint density at radius 3 is 2.50 bits per heavy atom. The first-order chi connectivity index (χ1) is 12.7. The van der Waals surface area contributed by atoms with E-state index in [0.717, 1.165) is 43.2 Å². The molecule has 6 nitrogen and oxygen atoms in total. The quantitative estimate of drug-likeness (QED) is 0.317. The average Bonchev–Trinajstić information content (AvgIpc) is 2.62. The molecule has 0 aliphatic rings. The number of guanidine groups is 1. The summed E-state index contributed by atoms with van der Waals surface area (Å²) in [5, 5.41) is 6.73. The fraction of sp³-hybridized carbons (Fsp3) is 0.650. The van der Waals surface area contributed by atoms with Gasteiger partial charge in [-0.2, -0.15) is 0 Å². The Morgan fingerprint density at radius 2 is 1.85 bits per heavy atom. The van der Waals surface area contributed by atoms with Crippen molar-refractivity contribution in [3.05, 3.63) is 24.3 Å². The van der Waals surface area contributed by atoms with Crippen LogP contribution in [0, 0.1) is 0 Å². The molecule has 0 atom stereocenters. The van der Waals surface area contributed by atoms with Crippen LogP contribution in [0.5, 0.6) is 5.75 Å². The molecule has 0 fully saturated rings. The monoisotopic (exact) mass is 365 g/mol. The van der Waals surface area contributed by atoms with Crippen LogP contribution in [-0.2, 0) is 9.47 Å². The van der Waals surface area contributed by atoms with Crippen LogP contribution in [0.3, 0.4) is 0 Å². The number of aliphatic imine (C=N–C) groups is 1. The van der Waals surface area contributed by atoms with Gasteiger partial charge in [-0.15, -0.1) is 0 Å². The summed E-state index contributed by atoms with van der Waals surface area (Å²) in [5.74, 6) is 1.67. The third kappa shape index (κ3) is 10.9. The normalized spacial score (nSPS) is 11.7. The summed E-state index contributed by atoms with van der Waals surface area (Å²) in [6, 6.07) is 7.94. The van der Waals surface area contributed by atoms with E-state index >= 15 is 0 Å². The number of ether oxygens (including phenoxy) is 3. The molecule has 0 heterocycles. The van der Waals surface area contributed by atoms with Gasteiger partial charge in [0.15, 0.2) is 5.96 Å². The molecule has 2 N–H and O–H groups in total. The van der Waals surface area contributed by atoms with E-state index in [9.17, 15) is 0 Å². The first-order valence-electron chi connectivity index (χ1n) is 9.54. The highest BCUT2D eigenvalue weighted by Gasteiger charge is 2.02. The molecule has 1 aromatic rings. The first kappa shape index (κ1) is 22.3. The lowest BCUT2D eigenvalue weighted by molar-refractivity contribution is 0.0702. The maximum Gasteiger partial charge on any atom is 0.195 e. The van der Waals surface area contributed by atoms with Gasteiger partial charge in [-0.25, -0.2) is 0 Å². The molecule has 0 spiro atoms. The van der Waals surface area contributed by atoms with Crippen molar-refractivity contribution < 1.29 is 14.2 Å². The van der Waals surface area contributed by atoms with Crippen molar-refractivity contribution in [3.63, 3.8) is 0 Å². The minimum atomic E-state index is 0.174. The zero-order valence-electron chi connectivity index (χ0n) is 16.7. The van der Waals surface area contributed by atoms with E-state index in [1.165, 1.54) is 0 Å². The lowest BCUT2D eigenvalue weighted by Crippen LogP contribution is -2.31. The van der Waals surface area contributed by atoms with Crippen molar-refractivity contribution >= 4 is 11.6 Å². The van der Waals surface area contributed by atoms with Crippen molar-refractivity contribution in [1.82, 2.24) is 5.32 Å². The summed E-state index contributed by atoms with van der Waals surface area (Å²) >= 11 is 0. The number of methoxy groups -OCH3 is 1. The van der Waals surface area contributed by atoms with Gasteiger partial charge in [-0.1, -0.05) is 13.3 Å². The molecule has 0 aliphatic carbocycles. The molecule has 0 bridgehead atoms. The minimum absolute atomic E-state index is 0.174. The molecule has 1 rings (SSSR count). The smallest absolute Gasteiger partial charge is 0.195 e. The lowest BCUT2D eigenvalue weighted by Gasteiger charge is -2.14. The standard InChI is InChI=1S/C20H35N3O3/c1-5-6-12-21-20(22-13-7-14-25-16-15-24-4)23-18-8-10-19(11-9-18)26-17(2)3/h8-11,17H,5-7,12-16H2,1-4H3,(H2,21,22,23). The van der Waals surface area contributed by atoms with Crippen LogP contribution >= 0.6 is 0 Å². The second-order valence-electron chi connectivity index (χ2n) is 6.29. The first-order valence-corrected chi connectivity index (χ1v) is 9.54. The molecule has 0 saturated heterocycles. The highest BCUT2D eigenvalue weighted by molar-refractivity contribution is 5.93. The van der Waals surface area contributed by atoms with E-state index in [-0.39, 0.29) is 6.10 Å². The highest BCUT2D eigenvalue weighted by Crippen LogP contribution is 2.16. The average molecular weight is 366 g/mol. The molecule has 0 unspecified atom stereocenters. The van der Waals surface area contributed by atoms with Gasteiger partial charge in [0.2, 0.25) is 0 Å². The zero-order chi connectivity index (χ0) is 19.0. The van der Waals surface area contributed by atoms with Crippen LogP contribution < -0.4 is 15.4 Å². The molecule has 26 heavy (non-hydrogen) atoms. The van der Waals surface area contributed by atoms with E-state index < -0.39 is 0 Å². The van der Waals surface area contributed by atoms with Gasteiger partial charge >= 0.3 is 0 Å². The van der Waals surface area contributed by atoms with Crippen LogP contribution in [-0.4, -0.2) is 52.1 Å². The summed E-state index contributed by atoms with van der Waals surface area (Å²) in [5.41, 5.74) is 0.986. The van der Waals surface area contributed by atoms with Crippen molar-refractivity contribution in [2.45, 2.75) is 46.1 Å². The van der Waals surface area contributed by atoms with E-state index in [4.69, 9.17) is 14.2 Å². The number of benzene rings is 1. The van der Waals surface area contributed by atoms with Crippen molar-refractivity contribution in [2.24, 2.45) is 4.99 Å². The Bertz CT molecular complexity index is 490. The number of rotatable bonds is 13. The van der Waals surface area contributed by atoms with E-state index in [1.807, 2.05) is 38.1 Å². The van der Waals surface area contributed by atoms with Crippen LogP contribution in [0.1, 0.15) is 40.0 Å². The maximum absolute atomic E-state index is 5.68. The molecule has 0 aliphatic heterocycles. The molecule has 1 aromatic carbocycles. The van der Waals surface area contributed by atoms with Gasteiger partial charge in [-0.05, 0) is 51.0 Å². The zero-order valence-corrected chi connectivity index (χ0v) is 16.7. The van der Waals surface area contributed by atoms with Crippen LogP contribution in [0.25, 0.3) is 0 Å².